The van der Waals surface area contributed by atoms with Crippen LogP contribution in [0.4, 0.5) is 14.7 Å². The summed E-state index contributed by atoms with van der Waals surface area (Å²) in [5.41, 5.74) is -0.0144. The Labute approximate surface area is 261 Å². The summed E-state index contributed by atoms with van der Waals surface area (Å²) >= 11 is 1.39. The van der Waals surface area contributed by atoms with Gasteiger partial charge in [0.2, 0.25) is 0 Å². The van der Waals surface area contributed by atoms with Gasteiger partial charge < -0.3 is 29.4 Å². The summed E-state index contributed by atoms with van der Waals surface area (Å²) in [4.78, 5) is 31.1. The molecule has 1 atom stereocenters. The summed E-state index contributed by atoms with van der Waals surface area (Å²) in [5.74, 6) is 0. The van der Waals surface area contributed by atoms with Crippen molar-refractivity contribution in [2.45, 2.75) is 111 Å². The molecule has 0 spiro atoms. The lowest BCUT2D eigenvalue weighted by atomic mass is 9.78. The molecule has 10 nitrogen and oxygen atoms in total. The van der Waals surface area contributed by atoms with Crippen LogP contribution in [0.2, 0.25) is 0 Å². The molecule has 12 heteroatoms. The summed E-state index contributed by atoms with van der Waals surface area (Å²) in [7, 11) is -0.447. The summed E-state index contributed by atoms with van der Waals surface area (Å²) in [6.45, 7) is 20.7. The van der Waals surface area contributed by atoms with Gasteiger partial charge >= 0.3 is 19.3 Å². The number of ether oxygens (including phenoxy) is 2. The van der Waals surface area contributed by atoms with E-state index in [1.165, 1.54) is 11.3 Å². The zero-order valence-electron chi connectivity index (χ0n) is 27.4. The van der Waals surface area contributed by atoms with Crippen LogP contribution in [0.15, 0.2) is 35.8 Å². The molecule has 0 bridgehead atoms. The van der Waals surface area contributed by atoms with Gasteiger partial charge in [0.15, 0.2) is 5.13 Å². The summed E-state index contributed by atoms with van der Waals surface area (Å²) in [5, 5.41) is 8.85. The van der Waals surface area contributed by atoms with E-state index in [2.05, 4.69) is 27.8 Å². The van der Waals surface area contributed by atoms with E-state index in [9.17, 15) is 9.59 Å². The van der Waals surface area contributed by atoms with Crippen molar-refractivity contribution in [3.8, 4) is 0 Å². The molecule has 1 aromatic heterocycles. The third kappa shape index (κ3) is 10.5. The van der Waals surface area contributed by atoms with Crippen LogP contribution in [0, 0.1) is 0 Å². The second kappa shape index (κ2) is 14.0. The van der Waals surface area contributed by atoms with Crippen LogP contribution < -0.4 is 21.0 Å². The van der Waals surface area contributed by atoms with Gasteiger partial charge in [-0.05, 0) is 99.7 Å². The molecule has 1 aliphatic rings. The van der Waals surface area contributed by atoms with E-state index < -0.39 is 41.7 Å². The molecule has 1 aliphatic heterocycles. The summed E-state index contributed by atoms with van der Waals surface area (Å²) in [6.07, 6.45) is 2.12. The molecule has 2 N–H and O–H groups in total. The molecule has 238 valence electrons. The molecule has 0 radical (unpaired) electrons. The number of hydrogen-bond acceptors (Lipinski definition) is 9. The molecule has 3 rings (SSSR count). The predicted molar refractivity (Wildman–Crippen MR) is 172 cm³/mol. The van der Waals surface area contributed by atoms with Crippen LogP contribution >= 0.6 is 11.3 Å². The fraction of sp³-hybridized carbons (Fsp3) is 0.645. The normalized spacial score (nSPS) is 16.9. The van der Waals surface area contributed by atoms with Crippen molar-refractivity contribution in [3.05, 3.63) is 41.4 Å². The minimum atomic E-state index is -0.630. The number of benzene rings is 1. The minimum Gasteiger partial charge on any atom is -0.444 e. The highest BCUT2D eigenvalue weighted by molar-refractivity contribution is 7.13. The highest BCUT2D eigenvalue weighted by Gasteiger charge is 2.51. The predicted octanol–water partition coefficient (Wildman–Crippen LogP) is 5.82. The molecule has 2 amide bonds. The van der Waals surface area contributed by atoms with Crippen molar-refractivity contribution in [3.63, 3.8) is 0 Å². The van der Waals surface area contributed by atoms with E-state index >= 15 is 0 Å². The molecule has 1 unspecified atom stereocenters. The van der Waals surface area contributed by atoms with Crippen LogP contribution in [-0.4, -0.2) is 66.3 Å². The quantitative estimate of drug-likeness (QED) is 0.240. The number of rotatable bonds is 11. The van der Waals surface area contributed by atoms with E-state index in [0.29, 0.717) is 37.6 Å². The number of carbonyl (C=O) groups excluding carboxylic acids is 2. The molecule has 2 heterocycles. The highest BCUT2D eigenvalue weighted by Crippen LogP contribution is 2.36. The van der Waals surface area contributed by atoms with Gasteiger partial charge in [0, 0.05) is 30.7 Å². The Morgan fingerprint density at radius 1 is 0.977 bits per heavy atom. The van der Waals surface area contributed by atoms with Gasteiger partial charge in [0.1, 0.15) is 11.2 Å². The van der Waals surface area contributed by atoms with Crippen molar-refractivity contribution in [1.82, 2.24) is 15.6 Å². The second-order valence-corrected chi connectivity index (χ2v) is 14.7. The molecular formula is C31H49BN4O6S. The van der Waals surface area contributed by atoms with Crippen molar-refractivity contribution < 1.29 is 28.4 Å². The lowest BCUT2D eigenvalue weighted by molar-refractivity contribution is 0.00578. The lowest BCUT2D eigenvalue weighted by Crippen LogP contribution is -2.41. The maximum Gasteiger partial charge on any atom is 0.494 e. The van der Waals surface area contributed by atoms with Crippen molar-refractivity contribution in [2.75, 3.05) is 24.5 Å². The van der Waals surface area contributed by atoms with Gasteiger partial charge in [-0.3, -0.25) is 4.90 Å². The second-order valence-electron chi connectivity index (χ2n) is 13.8. The Bertz CT molecular complexity index is 1180. The fourth-order valence-electron chi connectivity index (χ4n) is 4.31. The largest absolute Gasteiger partial charge is 0.494 e. The fourth-order valence-corrected chi connectivity index (χ4v) is 4.97. The first-order valence-corrected chi connectivity index (χ1v) is 15.8. The Balaban J connectivity index is 1.72. The average Bonchev–Trinajstić information content (AvgIpc) is 3.46. The summed E-state index contributed by atoms with van der Waals surface area (Å²) < 4.78 is 23.5. The first-order valence-electron chi connectivity index (χ1n) is 14.9. The van der Waals surface area contributed by atoms with Crippen molar-refractivity contribution in [1.29, 1.82) is 0 Å². The maximum atomic E-state index is 13.1. The SMILES string of the molecule is CC(C)(C)OC(=O)NCCCNC(CCN(C(=O)OC(C)(C)C)c1nccs1)c1ccc(B2OC(C)(C)C(C)(C)O2)cc1. The minimum absolute atomic E-state index is 0.0845. The number of anilines is 1. The number of aromatic nitrogens is 1. The van der Waals surface area contributed by atoms with Gasteiger partial charge in [-0.15, -0.1) is 11.3 Å². The molecule has 0 aliphatic carbocycles. The highest BCUT2D eigenvalue weighted by atomic mass is 32.1. The Morgan fingerprint density at radius 2 is 1.58 bits per heavy atom. The monoisotopic (exact) mass is 616 g/mol. The Morgan fingerprint density at radius 3 is 2.12 bits per heavy atom. The third-order valence-electron chi connectivity index (χ3n) is 7.18. The van der Waals surface area contributed by atoms with Gasteiger partial charge in [0.25, 0.3) is 0 Å². The van der Waals surface area contributed by atoms with E-state index in [0.717, 1.165) is 11.0 Å². The number of carbonyl (C=O) groups is 2. The first kappa shape index (κ1) is 34.8. The van der Waals surface area contributed by atoms with Crippen molar-refractivity contribution in [2.24, 2.45) is 0 Å². The molecular weight excluding hydrogens is 567 g/mol. The number of alkyl carbamates (subject to hydrolysis) is 1. The zero-order chi connectivity index (χ0) is 32.1. The van der Waals surface area contributed by atoms with Gasteiger partial charge in [-0.1, -0.05) is 24.3 Å². The van der Waals surface area contributed by atoms with Crippen LogP contribution in [0.3, 0.4) is 0 Å². The van der Waals surface area contributed by atoms with Crippen LogP contribution in [-0.2, 0) is 18.8 Å². The molecule has 1 fully saturated rings. The van der Waals surface area contributed by atoms with Crippen LogP contribution in [0.25, 0.3) is 0 Å². The molecule has 43 heavy (non-hydrogen) atoms. The molecule has 1 saturated heterocycles. The van der Waals surface area contributed by atoms with Gasteiger partial charge in [-0.25, -0.2) is 14.6 Å². The lowest BCUT2D eigenvalue weighted by Gasteiger charge is -2.32. The average molecular weight is 617 g/mol. The van der Waals surface area contributed by atoms with E-state index in [1.54, 1.807) is 11.1 Å². The van der Waals surface area contributed by atoms with Gasteiger partial charge in [0.05, 0.1) is 11.2 Å². The molecule has 2 aromatic rings. The molecule has 0 saturated carbocycles. The number of nitrogens with zero attached hydrogens (tertiary/aromatic N) is 2. The van der Waals surface area contributed by atoms with Crippen molar-refractivity contribution >= 4 is 41.2 Å². The zero-order valence-corrected chi connectivity index (χ0v) is 28.2. The molecule has 1 aromatic carbocycles. The Hall–Kier alpha value is -2.67. The van der Waals surface area contributed by atoms with Crippen LogP contribution in [0.1, 0.15) is 93.7 Å². The van der Waals surface area contributed by atoms with E-state index in [4.69, 9.17) is 18.8 Å². The number of amides is 2. The number of hydrogen-bond donors (Lipinski definition) is 2. The van der Waals surface area contributed by atoms with E-state index in [-0.39, 0.29) is 6.04 Å². The first-order chi connectivity index (χ1) is 19.9. The Kier molecular flexibility index (Phi) is 11.3. The maximum absolute atomic E-state index is 13.1. The number of nitrogens with one attached hydrogen (secondary N) is 2. The van der Waals surface area contributed by atoms with Crippen LogP contribution in [0.5, 0.6) is 0 Å². The topological polar surface area (TPSA) is 111 Å². The number of thiazole rings is 1. The summed E-state index contributed by atoms with van der Waals surface area (Å²) in [6, 6.07) is 8.11. The van der Waals surface area contributed by atoms with E-state index in [1.807, 2.05) is 86.8 Å². The standard InChI is InChI=1S/C31H49BN4O6S/c1-28(2,3)39-26(37)35-18-11-17-33-24(16-20-36(25-34-19-21-43-25)27(38)40-29(4,5)6)22-12-14-23(15-13-22)32-41-30(7,8)31(9,10)42-32/h12-15,19,21,24,33H,11,16-18,20H2,1-10H3,(H,35,37). The smallest absolute Gasteiger partial charge is 0.444 e. The van der Waals surface area contributed by atoms with Gasteiger partial charge in [-0.2, -0.15) is 0 Å². The third-order valence-corrected chi connectivity index (χ3v) is 7.98.